The standard InChI is InChI=1S/C13H21N3O3/c1-6-8-7-9(16(5)15-8)11(17)14-10(12(18)19)13(2,3)4/h7,10H,6H2,1-5H3,(H,14,17)(H,18,19). The third-order valence-electron chi connectivity index (χ3n) is 2.91. The summed E-state index contributed by atoms with van der Waals surface area (Å²) in [6.07, 6.45) is 0.725. The number of aryl methyl sites for hydroxylation is 2. The van der Waals surface area contributed by atoms with Crippen LogP contribution in [-0.2, 0) is 18.3 Å². The van der Waals surface area contributed by atoms with Crippen molar-refractivity contribution in [1.29, 1.82) is 0 Å². The summed E-state index contributed by atoms with van der Waals surface area (Å²) in [7, 11) is 1.67. The number of carboxylic acids is 1. The Hall–Kier alpha value is -1.85. The van der Waals surface area contributed by atoms with E-state index < -0.39 is 23.3 Å². The normalized spacial score (nSPS) is 13.1. The minimum absolute atomic E-state index is 0.368. The van der Waals surface area contributed by atoms with Gasteiger partial charge in [0.15, 0.2) is 0 Å². The molecule has 0 fully saturated rings. The lowest BCUT2D eigenvalue weighted by atomic mass is 9.86. The van der Waals surface area contributed by atoms with Crippen LogP contribution in [-0.4, -0.2) is 32.8 Å². The Morgan fingerprint density at radius 1 is 1.47 bits per heavy atom. The van der Waals surface area contributed by atoms with Gasteiger partial charge < -0.3 is 10.4 Å². The van der Waals surface area contributed by atoms with E-state index in [2.05, 4.69) is 10.4 Å². The average Bonchev–Trinajstić information content (AvgIpc) is 2.65. The molecule has 1 unspecified atom stereocenters. The summed E-state index contributed by atoms with van der Waals surface area (Å²) in [5, 5.41) is 15.9. The van der Waals surface area contributed by atoms with Gasteiger partial charge in [-0.2, -0.15) is 5.10 Å². The highest BCUT2D eigenvalue weighted by atomic mass is 16.4. The van der Waals surface area contributed by atoms with Gasteiger partial charge in [-0.1, -0.05) is 27.7 Å². The van der Waals surface area contributed by atoms with Gasteiger partial charge in [0.25, 0.3) is 5.91 Å². The predicted octanol–water partition coefficient (Wildman–Crippen LogP) is 1.21. The predicted molar refractivity (Wildman–Crippen MR) is 70.9 cm³/mol. The zero-order valence-electron chi connectivity index (χ0n) is 12.0. The van der Waals surface area contributed by atoms with E-state index in [-0.39, 0.29) is 0 Å². The van der Waals surface area contributed by atoms with E-state index in [1.54, 1.807) is 33.9 Å². The molecule has 6 heteroatoms. The molecule has 1 amide bonds. The maximum atomic E-state index is 12.1. The highest BCUT2D eigenvalue weighted by molar-refractivity contribution is 5.95. The van der Waals surface area contributed by atoms with Gasteiger partial charge in [0.1, 0.15) is 11.7 Å². The number of aliphatic carboxylic acids is 1. The summed E-state index contributed by atoms with van der Waals surface area (Å²) < 4.78 is 1.47. The lowest BCUT2D eigenvalue weighted by molar-refractivity contribution is -0.142. The molecule has 0 aliphatic heterocycles. The van der Waals surface area contributed by atoms with Gasteiger partial charge in [0, 0.05) is 7.05 Å². The average molecular weight is 267 g/mol. The Balaban J connectivity index is 2.94. The lowest BCUT2D eigenvalue weighted by Gasteiger charge is -2.27. The smallest absolute Gasteiger partial charge is 0.326 e. The fourth-order valence-electron chi connectivity index (χ4n) is 1.77. The molecule has 6 nitrogen and oxygen atoms in total. The van der Waals surface area contributed by atoms with Crippen LogP contribution in [0.25, 0.3) is 0 Å². The molecule has 0 radical (unpaired) electrons. The molecular weight excluding hydrogens is 246 g/mol. The van der Waals surface area contributed by atoms with Crippen molar-refractivity contribution in [3.63, 3.8) is 0 Å². The molecule has 1 aromatic heterocycles. The maximum absolute atomic E-state index is 12.1. The van der Waals surface area contributed by atoms with E-state index in [4.69, 9.17) is 0 Å². The fourth-order valence-corrected chi connectivity index (χ4v) is 1.77. The summed E-state index contributed by atoms with van der Waals surface area (Å²) in [4.78, 5) is 23.3. The molecule has 0 aliphatic carbocycles. The van der Waals surface area contributed by atoms with Crippen LogP contribution in [0.15, 0.2) is 6.07 Å². The Bertz CT molecular complexity index is 486. The number of aromatic nitrogens is 2. The Morgan fingerprint density at radius 3 is 2.42 bits per heavy atom. The van der Waals surface area contributed by atoms with Crippen LogP contribution in [0.3, 0.4) is 0 Å². The SMILES string of the molecule is CCc1cc(C(=O)NC(C(=O)O)C(C)(C)C)n(C)n1. The molecule has 106 valence electrons. The van der Waals surface area contributed by atoms with Gasteiger partial charge in [-0.25, -0.2) is 4.79 Å². The summed E-state index contributed by atoms with van der Waals surface area (Å²) in [6.45, 7) is 7.26. The number of carbonyl (C=O) groups is 2. The number of carbonyl (C=O) groups excluding carboxylic acids is 1. The molecule has 0 aromatic carbocycles. The molecule has 1 atom stereocenters. The molecule has 1 aromatic rings. The van der Waals surface area contributed by atoms with Crippen molar-refractivity contribution in [2.75, 3.05) is 0 Å². The van der Waals surface area contributed by atoms with Crippen molar-refractivity contribution in [3.05, 3.63) is 17.5 Å². The highest BCUT2D eigenvalue weighted by Crippen LogP contribution is 2.20. The van der Waals surface area contributed by atoms with Crippen molar-refractivity contribution in [2.24, 2.45) is 12.5 Å². The number of rotatable bonds is 4. The number of hydrogen-bond donors (Lipinski definition) is 2. The second kappa shape index (κ2) is 5.42. The molecule has 1 heterocycles. The number of carboxylic acid groups (broad SMARTS) is 1. The summed E-state index contributed by atoms with van der Waals surface area (Å²) in [6, 6.07) is 0.733. The summed E-state index contributed by atoms with van der Waals surface area (Å²) in [5.41, 5.74) is 0.607. The van der Waals surface area contributed by atoms with E-state index in [0.29, 0.717) is 5.69 Å². The van der Waals surface area contributed by atoms with Gasteiger partial charge in [0.2, 0.25) is 0 Å². The molecule has 0 saturated carbocycles. The molecular formula is C13H21N3O3. The fraction of sp³-hybridized carbons (Fsp3) is 0.615. The number of nitrogens with zero attached hydrogens (tertiary/aromatic N) is 2. The lowest BCUT2D eigenvalue weighted by Crippen LogP contribution is -2.49. The first-order chi connectivity index (χ1) is 8.66. The first-order valence-electron chi connectivity index (χ1n) is 6.23. The van der Waals surface area contributed by atoms with Gasteiger partial charge in [0.05, 0.1) is 5.69 Å². The van der Waals surface area contributed by atoms with Crippen LogP contribution in [0.1, 0.15) is 43.9 Å². The number of amides is 1. The van der Waals surface area contributed by atoms with Gasteiger partial charge in [-0.15, -0.1) is 0 Å². The second-order valence-corrected chi connectivity index (χ2v) is 5.61. The molecule has 1 rings (SSSR count). The Labute approximate surface area is 112 Å². The van der Waals surface area contributed by atoms with E-state index in [9.17, 15) is 14.7 Å². The van der Waals surface area contributed by atoms with Crippen LogP contribution in [0.4, 0.5) is 0 Å². The van der Waals surface area contributed by atoms with Gasteiger partial charge >= 0.3 is 5.97 Å². The molecule has 0 spiro atoms. The van der Waals surface area contributed by atoms with E-state index >= 15 is 0 Å². The third kappa shape index (κ3) is 3.56. The Morgan fingerprint density at radius 2 is 2.05 bits per heavy atom. The Kier molecular flexibility index (Phi) is 4.34. The van der Waals surface area contributed by atoms with Gasteiger partial charge in [-0.05, 0) is 17.9 Å². The van der Waals surface area contributed by atoms with Crippen molar-refractivity contribution in [1.82, 2.24) is 15.1 Å². The maximum Gasteiger partial charge on any atom is 0.326 e. The van der Waals surface area contributed by atoms with Crippen molar-refractivity contribution < 1.29 is 14.7 Å². The third-order valence-corrected chi connectivity index (χ3v) is 2.91. The monoisotopic (exact) mass is 267 g/mol. The number of nitrogens with one attached hydrogen (secondary N) is 1. The molecule has 0 bridgehead atoms. The molecule has 2 N–H and O–H groups in total. The largest absolute Gasteiger partial charge is 0.480 e. The van der Waals surface area contributed by atoms with E-state index in [1.165, 1.54) is 4.68 Å². The zero-order valence-corrected chi connectivity index (χ0v) is 12.0. The minimum atomic E-state index is -1.04. The first kappa shape index (κ1) is 15.2. The second-order valence-electron chi connectivity index (χ2n) is 5.61. The van der Waals surface area contributed by atoms with E-state index in [1.807, 2.05) is 6.92 Å². The molecule has 0 saturated heterocycles. The summed E-state index contributed by atoms with van der Waals surface area (Å²) >= 11 is 0. The van der Waals surface area contributed by atoms with Crippen molar-refractivity contribution in [2.45, 2.75) is 40.2 Å². The first-order valence-corrected chi connectivity index (χ1v) is 6.23. The molecule has 0 aliphatic rings. The quantitative estimate of drug-likeness (QED) is 0.858. The van der Waals surface area contributed by atoms with Crippen LogP contribution < -0.4 is 5.32 Å². The van der Waals surface area contributed by atoms with E-state index in [0.717, 1.165) is 12.1 Å². The van der Waals surface area contributed by atoms with Crippen LogP contribution >= 0.6 is 0 Å². The highest BCUT2D eigenvalue weighted by Gasteiger charge is 2.33. The van der Waals surface area contributed by atoms with Crippen LogP contribution in [0, 0.1) is 5.41 Å². The minimum Gasteiger partial charge on any atom is -0.480 e. The summed E-state index contributed by atoms with van der Waals surface area (Å²) in [5.74, 6) is -1.46. The molecule has 19 heavy (non-hydrogen) atoms. The topological polar surface area (TPSA) is 84.2 Å². The zero-order chi connectivity index (χ0) is 14.8. The van der Waals surface area contributed by atoms with Crippen LogP contribution in [0.5, 0.6) is 0 Å². The van der Waals surface area contributed by atoms with Gasteiger partial charge in [-0.3, -0.25) is 9.48 Å². The number of hydrogen-bond acceptors (Lipinski definition) is 3. The van der Waals surface area contributed by atoms with Crippen molar-refractivity contribution >= 4 is 11.9 Å². The van der Waals surface area contributed by atoms with Crippen molar-refractivity contribution in [3.8, 4) is 0 Å². The van der Waals surface area contributed by atoms with Crippen LogP contribution in [0.2, 0.25) is 0 Å².